The Morgan fingerprint density at radius 1 is 1.16 bits per heavy atom. The minimum atomic E-state index is -0.612. The smallest absolute Gasteiger partial charge is 0.410 e. The van der Waals surface area contributed by atoms with Crippen molar-refractivity contribution in [3.63, 3.8) is 0 Å². The van der Waals surface area contributed by atoms with Crippen LogP contribution in [0.2, 0.25) is 0 Å². The van der Waals surface area contributed by atoms with Gasteiger partial charge in [-0.3, -0.25) is 14.5 Å². The molecule has 0 atom stereocenters. The number of nitrogens with one attached hydrogen (secondary N) is 1. The van der Waals surface area contributed by atoms with Crippen LogP contribution in [0.15, 0.2) is 12.4 Å². The zero-order valence-electron chi connectivity index (χ0n) is 18.8. The van der Waals surface area contributed by atoms with Gasteiger partial charge in [-0.1, -0.05) is 0 Å². The lowest BCUT2D eigenvalue weighted by Crippen LogP contribution is -2.56. The Bertz CT molecular complexity index is 816. The van der Waals surface area contributed by atoms with Gasteiger partial charge in [0, 0.05) is 44.0 Å². The molecule has 0 saturated carbocycles. The first-order valence-corrected chi connectivity index (χ1v) is 10.7. The van der Waals surface area contributed by atoms with Gasteiger partial charge in [-0.05, 0) is 40.5 Å². The lowest BCUT2D eigenvalue weighted by Gasteiger charge is -2.36. The Balaban J connectivity index is 1.41. The van der Waals surface area contributed by atoms with Crippen LogP contribution in [-0.4, -0.2) is 88.6 Å². The summed E-state index contributed by atoms with van der Waals surface area (Å²) in [6.07, 6.45) is 2.69. The average Bonchev–Trinajstić information content (AvgIpc) is 2.69. The summed E-state index contributed by atoms with van der Waals surface area (Å²) in [5, 5.41) is 3.04. The number of amides is 3. The van der Waals surface area contributed by atoms with Crippen LogP contribution in [0.4, 0.5) is 10.6 Å². The third-order valence-corrected chi connectivity index (χ3v) is 5.28. The molecule has 1 aromatic rings. The van der Waals surface area contributed by atoms with Gasteiger partial charge in [-0.2, -0.15) is 0 Å². The van der Waals surface area contributed by atoms with Gasteiger partial charge in [0.05, 0.1) is 6.54 Å². The number of aromatic nitrogens is 2. The fraction of sp³-hybridized carbons (Fsp3) is 0.667. The van der Waals surface area contributed by atoms with Crippen LogP contribution in [0, 0.1) is 6.92 Å². The molecule has 2 saturated heterocycles. The Kier molecular flexibility index (Phi) is 6.97. The summed E-state index contributed by atoms with van der Waals surface area (Å²) in [5.74, 6) is 0.488. The van der Waals surface area contributed by atoms with Gasteiger partial charge in [-0.15, -0.1) is 0 Å². The van der Waals surface area contributed by atoms with Gasteiger partial charge in [0.2, 0.25) is 11.8 Å². The van der Waals surface area contributed by atoms with Gasteiger partial charge in [0.1, 0.15) is 24.3 Å². The summed E-state index contributed by atoms with van der Waals surface area (Å²) in [6.45, 7) is 9.49. The maximum atomic E-state index is 12.5. The molecule has 170 valence electrons. The fourth-order valence-electron chi connectivity index (χ4n) is 3.67. The second kappa shape index (κ2) is 9.49. The molecule has 0 radical (unpaired) electrons. The third-order valence-electron chi connectivity index (χ3n) is 5.28. The Labute approximate surface area is 182 Å². The summed E-state index contributed by atoms with van der Waals surface area (Å²) in [7, 11) is 0. The molecule has 10 heteroatoms. The predicted octanol–water partition coefficient (Wildman–Crippen LogP) is 0.949. The minimum absolute atomic E-state index is 0.00626. The number of carbonyl (C=O) groups is 3. The van der Waals surface area contributed by atoms with Gasteiger partial charge >= 0.3 is 6.09 Å². The number of aryl methyl sites for hydroxylation is 1. The number of anilines is 1. The Hall–Kier alpha value is -2.91. The normalized spacial score (nSPS) is 18.2. The second-order valence-corrected chi connectivity index (χ2v) is 9.06. The average molecular weight is 433 g/mol. The van der Waals surface area contributed by atoms with E-state index in [-0.39, 0.29) is 30.9 Å². The van der Waals surface area contributed by atoms with E-state index in [1.54, 1.807) is 27.1 Å². The number of carbonyl (C=O) groups excluding carboxylic acids is 3. The number of nitrogens with zero attached hydrogens (tertiary/aromatic N) is 5. The number of rotatable bonds is 4. The Morgan fingerprint density at radius 3 is 2.48 bits per heavy atom. The highest BCUT2D eigenvalue weighted by Crippen LogP contribution is 2.18. The molecule has 10 nitrogen and oxygen atoms in total. The molecule has 1 aromatic heterocycles. The van der Waals surface area contributed by atoms with E-state index in [0.717, 1.165) is 37.4 Å². The molecule has 31 heavy (non-hydrogen) atoms. The van der Waals surface area contributed by atoms with E-state index in [9.17, 15) is 14.4 Å². The highest BCUT2D eigenvalue weighted by atomic mass is 16.6. The summed E-state index contributed by atoms with van der Waals surface area (Å²) >= 11 is 0. The van der Waals surface area contributed by atoms with Crippen molar-refractivity contribution in [2.75, 3.05) is 44.2 Å². The van der Waals surface area contributed by atoms with Gasteiger partial charge < -0.3 is 19.9 Å². The van der Waals surface area contributed by atoms with Crippen molar-refractivity contribution < 1.29 is 19.1 Å². The Morgan fingerprint density at radius 2 is 1.87 bits per heavy atom. The highest BCUT2D eigenvalue weighted by Gasteiger charge is 2.31. The molecule has 3 amide bonds. The van der Waals surface area contributed by atoms with Crippen LogP contribution in [0.5, 0.6) is 0 Å². The zero-order chi connectivity index (χ0) is 22.6. The molecule has 0 spiro atoms. The number of hydrogen-bond acceptors (Lipinski definition) is 7. The zero-order valence-corrected chi connectivity index (χ0v) is 18.8. The SMILES string of the molecule is Cc1cc(N2CCC(NC(=O)CN3CCN(C(=O)OC(C)(C)C)CC3=O)CC2)ncn1. The maximum absolute atomic E-state index is 12.5. The second-order valence-electron chi connectivity index (χ2n) is 9.06. The van der Waals surface area contributed by atoms with Crippen LogP contribution < -0.4 is 10.2 Å². The van der Waals surface area contributed by atoms with Gasteiger partial charge in [0.25, 0.3) is 0 Å². The lowest BCUT2D eigenvalue weighted by atomic mass is 10.0. The van der Waals surface area contributed by atoms with Crippen molar-refractivity contribution in [2.45, 2.75) is 52.2 Å². The van der Waals surface area contributed by atoms with Crippen molar-refractivity contribution in [3.05, 3.63) is 18.1 Å². The molecule has 0 bridgehead atoms. The molecule has 3 heterocycles. The molecule has 2 aliphatic heterocycles. The van der Waals surface area contributed by atoms with E-state index in [1.807, 2.05) is 13.0 Å². The molecule has 0 aromatic carbocycles. The van der Waals surface area contributed by atoms with Crippen LogP contribution in [0.1, 0.15) is 39.3 Å². The van der Waals surface area contributed by atoms with Crippen molar-refractivity contribution in [1.29, 1.82) is 0 Å². The van der Waals surface area contributed by atoms with Gasteiger partial charge in [-0.25, -0.2) is 14.8 Å². The summed E-state index contributed by atoms with van der Waals surface area (Å²) in [6, 6.07) is 2.03. The van der Waals surface area contributed by atoms with Crippen LogP contribution in [0.3, 0.4) is 0 Å². The van der Waals surface area contributed by atoms with Crippen molar-refractivity contribution >= 4 is 23.7 Å². The highest BCUT2D eigenvalue weighted by molar-refractivity contribution is 5.88. The first-order valence-electron chi connectivity index (χ1n) is 10.7. The lowest BCUT2D eigenvalue weighted by molar-refractivity contribution is -0.140. The topological polar surface area (TPSA) is 108 Å². The fourth-order valence-corrected chi connectivity index (χ4v) is 3.67. The molecule has 2 aliphatic rings. The number of hydrogen-bond donors (Lipinski definition) is 1. The molecule has 1 N–H and O–H groups in total. The first kappa shape index (κ1) is 22.8. The molecule has 2 fully saturated rings. The standard InChI is InChI=1S/C21H32N6O4/c1-15-11-17(23-14-22-15)25-7-5-16(6-8-25)24-18(28)12-26-9-10-27(13-19(26)29)20(30)31-21(2,3)4/h11,14,16H,5-10,12-13H2,1-4H3,(H,24,28). The maximum Gasteiger partial charge on any atom is 0.410 e. The largest absolute Gasteiger partial charge is 0.444 e. The summed E-state index contributed by atoms with van der Waals surface area (Å²) < 4.78 is 5.31. The quantitative estimate of drug-likeness (QED) is 0.755. The monoisotopic (exact) mass is 432 g/mol. The summed E-state index contributed by atoms with van der Waals surface area (Å²) in [4.78, 5) is 50.5. The minimum Gasteiger partial charge on any atom is -0.444 e. The van der Waals surface area contributed by atoms with Crippen LogP contribution in [-0.2, 0) is 14.3 Å². The van der Waals surface area contributed by atoms with Crippen LogP contribution >= 0.6 is 0 Å². The van der Waals surface area contributed by atoms with Crippen molar-refractivity contribution in [3.8, 4) is 0 Å². The van der Waals surface area contributed by atoms with E-state index in [1.165, 1.54) is 9.80 Å². The van der Waals surface area contributed by atoms with Crippen molar-refractivity contribution in [2.24, 2.45) is 0 Å². The molecule has 3 rings (SSSR count). The molecular formula is C21H32N6O4. The number of piperidine rings is 1. The van der Waals surface area contributed by atoms with Crippen molar-refractivity contribution in [1.82, 2.24) is 25.1 Å². The predicted molar refractivity (Wildman–Crippen MR) is 115 cm³/mol. The molecule has 0 aliphatic carbocycles. The van der Waals surface area contributed by atoms with E-state index < -0.39 is 11.7 Å². The van der Waals surface area contributed by atoms with Crippen LogP contribution in [0.25, 0.3) is 0 Å². The number of piperazine rings is 1. The first-order chi connectivity index (χ1) is 14.6. The molecule has 0 unspecified atom stereocenters. The van der Waals surface area contributed by atoms with E-state index >= 15 is 0 Å². The number of ether oxygens (including phenoxy) is 1. The summed E-state index contributed by atoms with van der Waals surface area (Å²) in [5.41, 5.74) is 0.316. The van der Waals surface area contributed by atoms with E-state index in [0.29, 0.717) is 13.1 Å². The van der Waals surface area contributed by atoms with E-state index in [4.69, 9.17) is 4.74 Å². The molecular weight excluding hydrogens is 400 g/mol. The van der Waals surface area contributed by atoms with E-state index in [2.05, 4.69) is 20.2 Å². The van der Waals surface area contributed by atoms with Gasteiger partial charge in [0.15, 0.2) is 0 Å². The third kappa shape index (κ3) is 6.53.